The Labute approximate surface area is 163 Å². The number of methoxy groups -OCH3 is 1. The number of halogens is 1. The summed E-state index contributed by atoms with van der Waals surface area (Å²) in [6.07, 6.45) is 0. The van der Waals surface area contributed by atoms with Crippen molar-refractivity contribution in [3.8, 4) is 5.75 Å². The lowest BCUT2D eigenvalue weighted by molar-refractivity contribution is -0.384. The molecule has 3 aromatic rings. The molecule has 1 amide bonds. The molecule has 9 heteroatoms. The molecule has 0 saturated heterocycles. The van der Waals surface area contributed by atoms with E-state index in [0.717, 1.165) is 21.8 Å². The molecule has 2 aromatic carbocycles. The van der Waals surface area contributed by atoms with Gasteiger partial charge in [-0.05, 0) is 31.5 Å². The first-order chi connectivity index (χ1) is 12.9. The minimum absolute atomic E-state index is 0.00494. The van der Waals surface area contributed by atoms with Gasteiger partial charge in [0, 0.05) is 18.7 Å². The minimum Gasteiger partial charge on any atom is -0.495 e. The van der Waals surface area contributed by atoms with Crippen molar-refractivity contribution in [2.45, 2.75) is 20.4 Å². The normalized spacial score (nSPS) is 11.8. The number of aryl methyl sites for hydroxylation is 2. The van der Waals surface area contributed by atoms with Crippen molar-refractivity contribution in [1.82, 2.24) is 4.57 Å². The van der Waals surface area contributed by atoms with Crippen LogP contribution in [0.25, 0.3) is 10.2 Å². The van der Waals surface area contributed by atoms with E-state index in [1.807, 2.05) is 30.5 Å². The van der Waals surface area contributed by atoms with Gasteiger partial charge in [0.15, 0.2) is 4.80 Å². The standard InChI is InChI=1S/C18H16ClN3O4S/c1-4-21-15-14(26-3)8-5-10(2)16(15)27-18(21)20-17(23)12-9-11(22(24)25)6-7-13(12)19/h5-9H,4H2,1-3H3. The van der Waals surface area contributed by atoms with Crippen molar-refractivity contribution in [2.75, 3.05) is 7.11 Å². The molecule has 3 rings (SSSR count). The molecule has 0 aliphatic heterocycles. The van der Waals surface area contributed by atoms with Crippen LogP contribution in [0.2, 0.25) is 5.02 Å². The summed E-state index contributed by atoms with van der Waals surface area (Å²) in [5.74, 6) is 0.0602. The lowest BCUT2D eigenvalue weighted by Crippen LogP contribution is -2.16. The molecule has 0 radical (unpaired) electrons. The highest BCUT2D eigenvalue weighted by Gasteiger charge is 2.17. The second kappa shape index (κ2) is 7.50. The number of nitro benzene ring substituents is 1. The van der Waals surface area contributed by atoms with Crippen molar-refractivity contribution >= 4 is 44.7 Å². The molecule has 0 spiro atoms. The largest absolute Gasteiger partial charge is 0.495 e. The van der Waals surface area contributed by atoms with Gasteiger partial charge in [0.05, 0.1) is 27.3 Å². The molecule has 27 heavy (non-hydrogen) atoms. The van der Waals surface area contributed by atoms with Crippen molar-refractivity contribution in [3.05, 3.63) is 61.4 Å². The van der Waals surface area contributed by atoms with E-state index in [2.05, 4.69) is 4.99 Å². The van der Waals surface area contributed by atoms with Gasteiger partial charge in [-0.25, -0.2) is 0 Å². The first-order valence-corrected chi connectivity index (χ1v) is 9.26. The number of carbonyl (C=O) groups excluding carboxylic acids is 1. The van der Waals surface area contributed by atoms with Crippen LogP contribution in [0.4, 0.5) is 5.69 Å². The summed E-state index contributed by atoms with van der Waals surface area (Å²) in [6, 6.07) is 7.54. The molecule has 1 aromatic heterocycles. The third kappa shape index (κ3) is 3.45. The Morgan fingerprint density at radius 3 is 2.74 bits per heavy atom. The maximum absolute atomic E-state index is 12.7. The molecular formula is C18H16ClN3O4S. The predicted molar refractivity (Wildman–Crippen MR) is 105 cm³/mol. The van der Waals surface area contributed by atoms with Gasteiger partial charge >= 0.3 is 0 Å². The lowest BCUT2D eigenvalue weighted by atomic mass is 10.2. The van der Waals surface area contributed by atoms with E-state index in [9.17, 15) is 14.9 Å². The number of thiazole rings is 1. The molecule has 140 valence electrons. The van der Waals surface area contributed by atoms with Crippen LogP contribution in [0.1, 0.15) is 22.8 Å². The summed E-state index contributed by atoms with van der Waals surface area (Å²) in [4.78, 5) is 27.8. The predicted octanol–water partition coefficient (Wildman–Crippen LogP) is 4.34. The number of fused-ring (bicyclic) bond motifs is 1. The van der Waals surface area contributed by atoms with Gasteiger partial charge in [-0.1, -0.05) is 29.0 Å². The van der Waals surface area contributed by atoms with E-state index in [4.69, 9.17) is 16.3 Å². The fourth-order valence-electron chi connectivity index (χ4n) is 2.76. The van der Waals surface area contributed by atoms with Crippen molar-refractivity contribution in [3.63, 3.8) is 0 Å². The van der Waals surface area contributed by atoms with Gasteiger partial charge in [-0.3, -0.25) is 14.9 Å². The number of hydrogen-bond acceptors (Lipinski definition) is 5. The molecule has 0 fully saturated rings. The number of benzene rings is 2. The first kappa shape index (κ1) is 19.1. The zero-order valence-corrected chi connectivity index (χ0v) is 16.4. The molecule has 0 bridgehead atoms. The Morgan fingerprint density at radius 2 is 2.11 bits per heavy atom. The molecule has 0 unspecified atom stereocenters. The third-order valence-electron chi connectivity index (χ3n) is 4.11. The first-order valence-electron chi connectivity index (χ1n) is 8.07. The van der Waals surface area contributed by atoms with Crippen LogP contribution in [-0.2, 0) is 6.54 Å². The van der Waals surface area contributed by atoms with Crippen molar-refractivity contribution < 1.29 is 14.5 Å². The van der Waals surface area contributed by atoms with E-state index < -0.39 is 10.8 Å². The zero-order chi connectivity index (χ0) is 19.7. The summed E-state index contributed by atoms with van der Waals surface area (Å²) in [5, 5.41) is 11.1. The van der Waals surface area contributed by atoms with E-state index in [1.54, 1.807) is 7.11 Å². The SMILES string of the molecule is CCn1c(=NC(=O)c2cc([N+](=O)[O-])ccc2Cl)sc2c(C)ccc(OC)c21. The summed E-state index contributed by atoms with van der Waals surface area (Å²) in [5.41, 5.74) is 1.69. The van der Waals surface area contributed by atoms with E-state index in [1.165, 1.54) is 23.5 Å². The summed E-state index contributed by atoms with van der Waals surface area (Å²) < 4.78 is 8.30. The Hall–Kier alpha value is -2.71. The van der Waals surface area contributed by atoms with E-state index >= 15 is 0 Å². The molecule has 7 nitrogen and oxygen atoms in total. The number of hydrogen-bond donors (Lipinski definition) is 0. The molecular weight excluding hydrogens is 390 g/mol. The Kier molecular flexibility index (Phi) is 5.29. The van der Waals surface area contributed by atoms with Crippen LogP contribution < -0.4 is 9.54 Å². The van der Waals surface area contributed by atoms with Crippen molar-refractivity contribution in [2.24, 2.45) is 4.99 Å². The average molecular weight is 406 g/mol. The number of rotatable bonds is 4. The fraction of sp³-hybridized carbons (Fsp3) is 0.222. The van der Waals surface area contributed by atoms with Gasteiger partial charge in [-0.2, -0.15) is 4.99 Å². The molecule has 0 saturated carbocycles. The molecule has 1 heterocycles. The third-order valence-corrected chi connectivity index (χ3v) is 5.65. The van der Waals surface area contributed by atoms with Crippen LogP contribution in [0.3, 0.4) is 0 Å². The van der Waals surface area contributed by atoms with Gasteiger partial charge < -0.3 is 9.30 Å². The fourth-order valence-corrected chi connectivity index (χ4v) is 4.14. The quantitative estimate of drug-likeness (QED) is 0.477. The number of ether oxygens (including phenoxy) is 1. The lowest BCUT2D eigenvalue weighted by Gasteiger charge is -2.07. The number of nitrogens with zero attached hydrogens (tertiary/aromatic N) is 3. The molecule has 0 N–H and O–H groups in total. The number of amides is 1. The zero-order valence-electron chi connectivity index (χ0n) is 14.9. The Bertz CT molecular complexity index is 1130. The highest BCUT2D eigenvalue weighted by atomic mass is 35.5. The monoisotopic (exact) mass is 405 g/mol. The Balaban J connectivity index is 2.22. The highest BCUT2D eigenvalue weighted by molar-refractivity contribution is 7.16. The topological polar surface area (TPSA) is 86.7 Å². The van der Waals surface area contributed by atoms with Crippen LogP contribution in [0.15, 0.2) is 35.3 Å². The average Bonchev–Trinajstić information content (AvgIpc) is 3.01. The van der Waals surface area contributed by atoms with Gasteiger partial charge in [-0.15, -0.1) is 0 Å². The van der Waals surface area contributed by atoms with Gasteiger partial charge in [0.2, 0.25) is 0 Å². The smallest absolute Gasteiger partial charge is 0.281 e. The van der Waals surface area contributed by atoms with E-state index in [-0.39, 0.29) is 16.3 Å². The molecule has 0 atom stereocenters. The Morgan fingerprint density at radius 1 is 1.37 bits per heavy atom. The maximum Gasteiger partial charge on any atom is 0.281 e. The maximum atomic E-state index is 12.7. The van der Waals surface area contributed by atoms with E-state index in [0.29, 0.717) is 17.1 Å². The van der Waals surface area contributed by atoms with Crippen LogP contribution in [0.5, 0.6) is 5.75 Å². The summed E-state index contributed by atoms with van der Waals surface area (Å²) in [6.45, 7) is 4.49. The second-order valence-electron chi connectivity index (χ2n) is 5.73. The van der Waals surface area contributed by atoms with Crippen LogP contribution in [0, 0.1) is 17.0 Å². The number of nitro groups is 1. The summed E-state index contributed by atoms with van der Waals surface area (Å²) in [7, 11) is 1.59. The number of carbonyl (C=O) groups is 1. The highest BCUT2D eigenvalue weighted by Crippen LogP contribution is 2.30. The summed E-state index contributed by atoms with van der Waals surface area (Å²) >= 11 is 7.42. The second-order valence-corrected chi connectivity index (χ2v) is 7.11. The van der Waals surface area contributed by atoms with Crippen LogP contribution >= 0.6 is 22.9 Å². The minimum atomic E-state index is -0.630. The van der Waals surface area contributed by atoms with Gasteiger partial charge in [0.1, 0.15) is 11.3 Å². The molecule has 0 aliphatic carbocycles. The van der Waals surface area contributed by atoms with Crippen molar-refractivity contribution in [1.29, 1.82) is 0 Å². The number of non-ortho nitro benzene ring substituents is 1. The number of aromatic nitrogens is 1. The van der Waals surface area contributed by atoms with Crippen LogP contribution in [-0.4, -0.2) is 22.5 Å². The van der Waals surface area contributed by atoms with Gasteiger partial charge in [0.25, 0.3) is 11.6 Å². The molecule has 0 aliphatic rings.